The Balaban J connectivity index is 1.68. The Kier molecular flexibility index (Phi) is 5.15. The first-order chi connectivity index (χ1) is 13.5. The van der Waals surface area contributed by atoms with Crippen LogP contribution in [0.5, 0.6) is 0 Å². The maximum absolute atomic E-state index is 9.15. The number of aliphatic hydroxyl groups excluding tert-OH is 1. The number of hydrogen-bond acceptors (Lipinski definition) is 7. The van der Waals surface area contributed by atoms with Crippen LogP contribution in [0.2, 0.25) is 0 Å². The number of aryl methyl sites for hydroxylation is 3. The second kappa shape index (κ2) is 7.73. The van der Waals surface area contributed by atoms with Crippen molar-refractivity contribution < 1.29 is 5.11 Å². The maximum Gasteiger partial charge on any atom is 0.229 e. The second-order valence-electron chi connectivity index (χ2n) is 7.37. The third-order valence-electron chi connectivity index (χ3n) is 5.30. The number of anilines is 3. The van der Waals surface area contributed by atoms with Gasteiger partial charge in [0.2, 0.25) is 5.95 Å². The van der Waals surface area contributed by atoms with Crippen molar-refractivity contribution in [2.24, 2.45) is 7.05 Å². The number of fused-ring (bicyclic) bond motifs is 1. The Morgan fingerprint density at radius 1 is 1.11 bits per heavy atom. The highest BCUT2D eigenvalue weighted by Crippen LogP contribution is 2.28. The molecule has 0 bridgehead atoms. The Labute approximate surface area is 164 Å². The van der Waals surface area contributed by atoms with Crippen molar-refractivity contribution >= 4 is 28.5 Å². The van der Waals surface area contributed by atoms with Crippen LogP contribution >= 0.6 is 0 Å². The molecule has 3 aromatic rings. The molecule has 2 N–H and O–H groups in total. The number of β-amino-alcohol motifs (C(OH)–C–C–N with tert-alkyl or cyclic N) is 1. The lowest BCUT2D eigenvalue weighted by Gasteiger charge is -2.34. The van der Waals surface area contributed by atoms with Crippen molar-refractivity contribution in [2.45, 2.75) is 13.8 Å². The summed E-state index contributed by atoms with van der Waals surface area (Å²) in [6, 6.07) is 6.35. The summed E-state index contributed by atoms with van der Waals surface area (Å²) in [6.45, 7) is 8.56. The van der Waals surface area contributed by atoms with Gasteiger partial charge in [0, 0.05) is 45.5 Å². The zero-order valence-electron chi connectivity index (χ0n) is 16.7. The Hall–Kier alpha value is -2.71. The van der Waals surface area contributed by atoms with Crippen molar-refractivity contribution in [3.8, 4) is 0 Å². The van der Waals surface area contributed by atoms with Crippen LogP contribution in [0, 0.1) is 13.8 Å². The Morgan fingerprint density at radius 2 is 1.89 bits per heavy atom. The summed E-state index contributed by atoms with van der Waals surface area (Å²) in [6.07, 6.45) is 1.81. The number of benzene rings is 1. The summed E-state index contributed by atoms with van der Waals surface area (Å²) in [7, 11) is 1.90. The molecular formula is C20H27N7O. The van der Waals surface area contributed by atoms with Crippen molar-refractivity contribution in [1.29, 1.82) is 0 Å². The number of hydrogen-bond donors (Lipinski definition) is 2. The van der Waals surface area contributed by atoms with Crippen LogP contribution < -0.4 is 10.2 Å². The van der Waals surface area contributed by atoms with Crippen LogP contribution in [-0.2, 0) is 7.05 Å². The number of rotatable bonds is 5. The molecule has 8 heteroatoms. The fraction of sp³-hybridized carbons (Fsp3) is 0.450. The molecule has 1 aromatic carbocycles. The lowest BCUT2D eigenvalue weighted by molar-refractivity contribution is 0.188. The zero-order chi connectivity index (χ0) is 19.7. The second-order valence-corrected chi connectivity index (χ2v) is 7.37. The molecule has 1 fully saturated rings. The average molecular weight is 381 g/mol. The normalized spacial score (nSPS) is 15.4. The van der Waals surface area contributed by atoms with Crippen LogP contribution in [0.4, 0.5) is 17.5 Å². The summed E-state index contributed by atoms with van der Waals surface area (Å²) < 4.78 is 1.79. The van der Waals surface area contributed by atoms with E-state index in [2.05, 4.69) is 52.3 Å². The first-order valence-electron chi connectivity index (χ1n) is 9.67. The summed E-state index contributed by atoms with van der Waals surface area (Å²) in [5.74, 6) is 1.49. The van der Waals surface area contributed by atoms with Crippen LogP contribution in [0.1, 0.15) is 11.1 Å². The van der Waals surface area contributed by atoms with Gasteiger partial charge in [-0.05, 0) is 31.0 Å². The first-order valence-corrected chi connectivity index (χ1v) is 9.67. The van der Waals surface area contributed by atoms with E-state index in [0.29, 0.717) is 5.95 Å². The number of aliphatic hydroxyl groups is 1. The highest BCUT2D eigenvalue weighted by molar-refractivity contribution is 5.89. The molecule has 1 aliphatic rings. The van der Waals surface area contributed by atoms with Gasteiger partial charge in [-0.3, -0.25) is 9.58 Å². The molecule has 0 atom stereocenters. The fourth-order valence-electron chi connectivity index (χ4n) is 3.56. The third kappa shape index (κ3) is 3.65. The fourth-order valence-corrected chi connectivity index (χ4v) is 3.56. The number of nitrogens with one attached hydrogen (secondary N) is 1. The summed E-state index contributed by atoms with van der Waals surface area (Å²) >= 11 is 0. The van der Waals surface area contributed by atoms with Gasteiger partial charge in [-0.1, -0.05) is 12.1 Å². The van der Waals surface area contributed by atoms with Crippen molar-refractivity contribution in [2.75, 3.05) is 49.5 Å². The topological polar surface area (TPSA) is 82.3 Å². The third-order valence-corrected chi connectivity index (χ3v) is 5.30. The van der Waals surface area contributed by atoms with E-state index in [-0.39, 0.29) is 6.61 Å². The van der Waals surface area contributed by atoms with Gasteiger partial charge in [-0.2, -0.15) is 15.1 Å². The van der Waals surface area contributed by atoms with E-state index in [1.54, 1.807) is 4.68 Å². The van der Waals surface area contributed by atoms with Gasteiger partial charge < -0.3 is 15.3 Å². The van der Waals surface area contributed by atoms with E-state index in [0.717, 1.165) is 55.3 Å². The minimum absolute atomic E-state index is 0.196. The van der Waals surface area contributed by atoms with Crippen LogP contribution in [0.25, 0.3) is 11.0 Å². The van der Waals surface area contributed by atoms with E-state index >= 15 is 0 Å². The zero-order valence-corrected chi connectivity index (χ0v) is 16.7. The molecule has 1 aliphatic heterocycles. The molecule has 148 valence electrons. The van der Waals surface area contributed by atoms with Crippen LogP contribution in [0.3, 0.4) is 0 Å². The van der Waals surface area contributed by atoms with Gasteiger partial charge in [-0.15, -0.1) is 0 Å². The predicted octanol–water partition coefficient (Wildman–Crippen LogP) is 1.84. The number of piperazine rings is 1. The van der Waals surface area contributed by atoms with E-state index in [1.165, 1.54) is 11.1 Å². The lowest BCUT2D eigenvalue weighted by atomic mass is 10.1. The Bertz CT molecular complexity index is 976. The molecule has 1 saturated heterocycles. The molecule has 0 unspecified atom stereocenters. The van der Waals surface area contributed by atoms with E-state index in [1.807, 2.05) is 13.2 Å². The molecule has 2 aromatic heterocycles. The van der Waals surface area contributed by atoms with Crippen molar-refractivity contribution in [3.05, 3.63) is 35.5 Å². The average Bonchev–Trinajstić information content (AvgIpc) is 3.07. The van der Waals surface area contributed by atoms with Gasteiger partial charge in [0.25, 0.3) is 0 Å². The predicted molar refractivity (Wildman–Crippen MR) is 111 cm³/mol. The lowest BCUT2D eigenvalue weighted by Crippen LogP contribution is -2.47. The standard InChI is InChI=1S/C20H27N7O/c1-14-4-5-15(2)17(12-14)22-18-16-13-21-25(3)19(16)24-20(23-18)27-8-6-26(7-9-27)10-11-28/h4-5,12-13,28H,6-11H2,1-3H3,(H,22,23,24). The molecule has 0 radical (unpaired) electrons. The molecule has 0 amide bonds. The number of nitrogens with zero attached hydrogens (tertiary/aromatic N) is 6. The van der Waals surface area contributed by atoms with Crippen molar-refractivity contribution in [3.63, 3.8) is 0 Å². The van der Waals surface area contributed by atoms with Gasteiger partial charge in [0.15, 0.2) is 5.65 Å². The largest absolute Gasteiger partial charge is 0.395 e. The minimum atomic E-state index is 0.196. The molecule has 8 nitrogen and oxygen atoms in total. The van der Waals surface area contributed by atoms with Crippen LogP contribution in [-0.4, -0.2) is 69.1 Å². The van der Waals surface area contributed by atoms with Gasteiger partial charge in [-0.25, -0.2) is 0 Å². The molecule has 0 saturated carbocycles. The highest BCUT2D eigenvalue weighted by atomic mass is 16.3. The van der Waals surface area contributed by atoms with E-state index in [9.17, 15) is 0 Å². The monoisotopic (exact) mass is 381 g/mol. The SMILES string of the molecule is Cc1ccc(C)c(Nc2nc(N3CCN(CCO)CC3)nc3c2cnn3C)c1. The molecule has 4 rings (SSSR count). The molecular weight excluding hydrogens is 354 g/mol. The molecule has 3 heterocycles. The maximum atomic E-state index is 9.15. The molecule has 28 heavy (non-hydrogen) atoms. The summed E-state index contributed by atoms with van der Waals surface area (Å²) in [5, 5.41) is 17.9. The van der Waals surface area contributed by atoms with Gasteiger partial charge in [0.05, 0.1) is 18.2 Å². The van der Waals surface area contributed by atoms with Crippen molar-refractivity contribution in [1.82, 2.24) is 24.6 Å². The minimum Gasteiger partial charge on any atom is -0.395 e. The first kappa shape index (κ1) is 18.6. The molecule has 0 aliphatic carbocycles. The van der Waals surface area contributed by atoms with E-state index in [4.69, 9.17) is 15.1 Å². The quantitative estimate of drug-likeness (QED) is 0.698. The van der Waals surface area contributed by atoms with Gasteiger partial charge >= 0.3 is 0 Å². The molecule has 0 spiro atoms. The van der Waals surface area contributed by atoms with E-state index < -0.39 is 0 Å². The highest BCUT2D eigenvalue weighted by Gasteiger charge is 2.21. The smallest absolute Gasteiger partial charge is 0.229 e. The number of aromatic nitrogens is 4. The summed E-state index contributed by atoms with van der Waals surface area (Å²) in [4.78, 5) is 14.1. The van der Waals surface area contributed by atoms with Gasteiger partial charge in [0.1, 0.15) is 5.82 Å². The van der Waals surface area contributed by atoms with Crippen LogP contribution in [0.15, 0.2) is 24.4 Å². The Morgan fingerprint density at radius 3 is 2.64 bits per heavy atom. The summed E-state index contributed by atoms with van der Waals surface area (Å²) in [5.41, 5.74) is 4.23.